The highest BCUT2D eigenvalue weighted by atomic mass is 32.2. The molecule has 1 rings (SSSR count). The fourth-order valence-corrected chi connectivity index (χ4v) is 1.94. The number of hydrogen-bond acceptors (Lipinski definition) is 3. The molecule has 0 amide bonds. The number of nitrogens with one attached hydrogen (secondary N) is 1. The van der Waals surface area contributed by atoms with Crippen molar-refractivity contribution in [3.05, 3.63) is 35.4 Å². The highest BCUT2D eigenvalue weighted by Crippen LogP contribution is 2.35. The first-order valence-corrected chi connectivity index (χ1v) is 6.77. The van der Waals surface area contributed by atoms with Crippen molar-refractivity contribution < 1.29 is 26.7 Å². The van der Waals surface area contributed by atoms with Crippen LogP contribution in [0.1, 0.15) is 23.7 Å². The molecule has 1 unspecified atom stereocenters. The quantitative estimate of drug-likeness (QED) is 0.755. The molecule has 0 aliphatic rings. The fourth-order valence-electron chi connectivity index (χ4n) is 1.54. The first-order valence-electron chi connectivity index (χ1n) is 5.23. The van der Waals surface area contributed by atoms with Crippen LogP contribution >= 0.6 is 0 Å². The van der Waals surface area contributed by atoms with Gasteiger partial charge in [0, 0.05) is 6.54 Å². The van der Waals surface area contributed by atoms with E-state index >= 15 is 0 Å². The molecule has 0 saturated heterocycles. The van der Waals surface area contributed by atoms with Crippen LogP contribution < -0.4 is 9.86 Å². The molecule has 0 radical (unpaired) electrons. The van der Waals surface area contributed by atoms with E-state index in [9.17, 15) is 26.7 Å². The third-order valence-electron chi connectivity index (χ3n) is 2.35. The van der Waals surface area contributed by atoms with Gasteiger partial charge < -0.3 is 5.11 Å². The van der Waals surface area contributed by atoms with E-state index in [2.05, 4.69) is 5.14 Å². The summed E-state index contributed by atoms with van der Waals surface area (Å²) in [5, 5.41) is 14.3. The number of hydrogen-bond donors (Lipinski definition) is 3. The molecular weight excluding hydrogens is 285 g/mol. The minimum atomic E-state index is -4.58. The maximum Gasteiger partial charge on any atom is 0.416 e. The molecule has 4 N–H and O–H groups in total. The van der Waals surface area contributed by atoms with Gasteiger partial charge in [0.25, 0.3) is 10.2 Å². The highest BCUT2D eigenvalue weighted by Gasteiger charge is 2.34. The van der Waals surface area contributed by atoms with Crippen LogP contribution in [0.3, 0.4) is 0 Å². The summed E-state index contributed by atoms with van der Waals surface area (Å²) in [5.41, 5.74) is -1.25. The average molecular weight is 298 g/mol. The Bertz CT molecular complexity index is 531. The van der Waals surface area contributed by atoms with Crippen LogP contribution in [0.5, 0.6) is 0 Å². The second-order valence-electron chi connectivity index (χ2n) is 3.83. The minimum Gasteiger partial charge on any atom is -0.388 e. The zero-order valence-corrected chi connectivity index (χ0v) is 10.5. The molecule has 0 fully saturated rings. The van der Waals surface area contributed by atoms with Crippen LogP contribution in [-0.2, 0) is 16.4 Å². The number of aliphatic hydroxyl groups excluding tert-OH is 1. The third-order valence-corrected chi connectivity index (χ3v) is 2.95. The first-order chi connectivity index (χ1) is 8.61. The van der Waals surface area contributed by atoms with E-state index in [0.717, 1.165) is 12.1 Å². The van der Waals surface area contributed by atoms with Crippen molar-refractivity contribution in [2.45, 2.75) is 18.7 Å². The predicted octanol–water partition coefficient (Wildman–Crippen LogP) is 0.922. The maximum absolute atomic E-state index is 12.7. The van der Waals surface area contributed by atoms with Crippen molar-refractivity contribution in [2.75, 3.05) is 6.54 Å². The number of benzene rings is 1. The van der Waals surface area contributed by atoms with E-state index in [4.69, 9.17) is 0 Å². The Morgan fingerprint density at radius 3 is 2.42 bits per heavy atom. The number of rotatable bonds is 5. The SMILES string of the molecule is NS(=O)(=O)NCCC(O)c1ccccc1C(F)(F)F. The number of nitrogens with two attached hydrogens (primary N) is 1. The predicted molar refractivity (Wildman–Crippen MR) is 62.1 cm³/mol. The van der Waals surface area contributed by atoms with E-state index in [1.807, 2.05) is 4.72 Å². The monoisotopic (exact) mass is 298 g/mol. The second kappa shape index (κ2) is 5.87. The van der Waals surface area contributed by atoms with E-state index in [1.54, 1.807) is 0 Å². The summed E-state index contributed by atoms with van der Waals surface area (Å²) in [4.78, 5) is 0. The van der Waals surface area contributed by atoms with Gasteiger partial charge in [-0.15, -0.1) is 0 Å². The zero-order chi connectivity index (χ0) is 14.7. The van der Waals surface area contributed by atoms with Crippen molar-refractivity contribution in [3.8, 4) is 0 Å². The van der Waals surface area contributed by atoms with Crippen LogP contribution in [0.25, 0.3) is 0 Å². The van der Waals surface area contributed by atoms with Gasteiger partial charge >= 0.3 is 6.18 Å². The van der Waals surface area contributed by atoms with Crippen LogP contribution in [0.2, 0.25) is 0 Å². The van der Waals surface area contributed by atoms with Crippen LogP contribution in [0.15, 0.2) is 24.3 Å². The molecule has 1 atom stereocenters. The van der Waals surface area contributed by atoms with Crippen LogP contribution in [0.4, 0.5) is 13.2 Å². The summed E-state index contributed by atoms with van der Waals surface area (Å²) >= 11 is 0. The number of alkyl halides is 3. The Morgan fingerprint density at radius 2 is 1.89 bits per heavy atom. The summed E-state index contributed by atoms with van der Waals surface area (Å²) in [6.07, 6.45) is -6.24. The van der Waals surface area contributed by atoms with E-state index in [0.29, 0.717) is 0 Å². The molecule has 108 valence electrons. The lowest BCUT2D eigenvalue weighted by atomic mass is 10.00. The van der Waals surface area contributed by atoms with Crippen molar-refractivity contribution in [2.24, 2.45) is 5.14 Å². The van der Waals surface area contributed by atoms with Gasteiger partial charge in [-0.1, -0.05) is 18.2 Å². The largest absolute Gasteiger partial charge is 0.416 e. The Hall–Kier alpha value is -1.16. The highest BCUT2D eigenvalue weighted by molar-refractivity contribution is 7.87. The fraction of sp³-hybridized carbons (Fsp3) is 0.400. The van der Waals surface area contributed by atoms with Gasteiger partial charge in [-0.05, 0) is 18.1 Å². The molecule has 0 spiro atoms. The van der Waals surface area contributed by atoms with Crippen molar-refractivity contribution in [1.29, 1.82) is 0 Å². The molecule has 19 heavy (non-hydrogen) atoms. The molecule has 9 heteroatoms. The molecule has 1 aromatic rings. The Morgan fingerprint density at radius 1 is 1.32 bits per heavy atom. The van der Waals surface area contributed by atoms with E-state index in [1.165, 1.54) is 12.1 Å². The smallest absolute Gasteiger partial charge is 0.388 e. The molecule has 5 nitrogen and oxygen atoms in total. The summed E-state index contributed by atoms with van der Waals surface area (Å²) in [6.45, 7) is -0.258. The van der Waals surface area contributed by atoms with E-state index in [-0.39, 0.29) is 18.5 Å². The van der Waals surface area contributed by atoms with Crippen LogP contribution in [0, 0.1) is 0 Å². The molecule has 0 bridgehead atoms. The van der Waals surface area contributed by atoms with Gasteiger partial charge in [0.15, 0.2) is 0 Å². The second-order valence-corrected chi connectivity index (χ2v) is 5.21. The zero-order valence-electron chi connectivity index (χ0n) is 9.68. The summed E-state index contributed by atoms with van der Waals surface area (Å²) < 4.78 is 61.1. The van der Waals surface area contributed by atoms with Gasteiger partial charge in [-0.2, -0.15) is 21.6 Å². The minimum absolute atomic E-state index is 0.219. The third kappa shape index (κ3) is 5.15. The maximum atomic E-state index is 12.7. The van der Waals surface area contributed by atoms with Gasteiger partial charge in [0.05, 0.1) is 11.7 Å². The summed E-state index contributed by atoms with van der Waals surface area (Å²) in [5.74, 6) is 0. The summed E-state index contributed by atoms with van der Waals surface area (Å²) in [6, 6.07) is 4.57. The van der Waals surface area contributed by atoms with Gasteiger partial charge in [-0.25, -0.2) is 9.86 Å². The average Bonchev–Trinajstić information content (AvgIpc) is 2.26. The lowest BCUT2D eigenvalue weighted by Gasteiger charge is -2.17. The molecule has 0 aliphatic heterocycles. The Balaban J connectivity index is 2.80. The van der Waals surface area contributed by atoms with Gasteiger partial charge in [0.2, 0.25) is 0 Å². The Kier molecular flexibility index (Phi) is 4.91. The van der Waals surface area contributed by atoms with Gasteiger partial charge in [-0.3, -0.25) is 0 Å². The van der Waals surface area contributed by atoms with Crippen molar-refractivity contribution in [3.63, 3.8) is 0 Å². The standard InChI is InChI=1S/C10H13F3N2O3S/c11-10(12,13)8-4-2-1-3-7(8)9(16)5-6-15-19(14,17)18/h1-4,9,15-16H,5-6H2,(H2,14,17,18). The van der Waals surface area contributed by atoms with Crippen LogP contribution in [-0.4, -0.2) is 20.1 Å². The number of halogens is 3. The summed E-state index contributed by atoms with van der Waals surface area (Å²) in [7, 11) is -3.92. The molecule has 0 aromatic heterocycles. The topological polar surface area (TPSA) is 92.4 Å². The van der Waals surface area contributed by atoms with Gasteiger partial charge in [0.1, 0.15) is 0 Å². The molecule has 0 saturated carbocycles. The first kappa shape index (κ1) is 15.9. The Labute approximate surface area is 108 Å². The number of aliphatic hydroxyl groups is 1. The van der Waals surface area contributed by atoms with Crippen molar-refractivity contribution >= 4 is 10.2 Å². The molecule has 0 heterocycles. The molecule has 0 aliphatic carbocycles. The molecular formula is C10H13F3N2O3S. The van der Waals surface area contributed by atoms with E-state index < -0.39 is 28.1 Å². The lowest BCUT2D eigenvalue weighted by molar-refractivity contribution is -0.139. The van der Waals surface area contributed by atoms with Crippen molar-refractivity contribution in [1.82, 2.24) is 4.72 Å². The lowest BCUT2D eigenvalue weighted by Crippen LogP contribution is -2.32. The normalized spacial score (nSPS) is 14.4. The molecule has 1 aromatic carbocycles.